The van der Waals surface area contributed by atoms with Gasteiger partial charge in [-0.15, -0.1) is 0 Å². The molecule has 5 nitrogen and oxygen atoms in total. The molecule has 1 N–H and O–H groups in total. The maximum absolute atomic E-state index is 12.3. The van der Waals surface area contributed by atoms with Gasteiger partial charge >= 0.3 is 0 Å². The Morgan fingerprint density at radius 3 is 2.92 bits per heavy atom. The molecule has 0 saturated carbocycles. The van der Waals surface area contributed by atoms with E-state index >= 15 is 0 Å². The Kier molecular flexibility index (Phi) is 5.45. The number of nitrogens with zero attached hydrogens (tertiary/aromatic N) is 3. The molecule has 2 aromatic rings. The number of hydrogen-bond acceptors (Lipinski definition) is 5. The molecule has 3 rings (SSSR count). The van der Waals surface area contributed by atoms with Crippen LogP contribution in [0, 0.1) is 5.92 Å². The molecule has 1 atom stereocenters. The van der Waals surface area contributed by atoms with Gasteiger partial charge in [-0.1, -0.05) is 30.3 Å². The van der Waals surface area contributed by atoms with E-state index in [1.807, 2.05) is 32.0 Å². The molecule has 24 heavy (non-hydrogen) atoms. The van der Waals surface area contributed by atoms with E-state index in [0.717, 1.165) is 43.3 Å². The van der Waals surface area contributed by atoms with Crippen molar-refractivity contribution in [3.05, 3.63) is 41.7 Å². The Morgan fingerprint density at radius 2 is 2.17 bits per heavy atom. The van der Waals surface area contributed by atoms with Crippen LogP contribution in [-0.4, -0.2) is 34.4 Å². The Labute approximate surface area is 147 Å². The minimum absolute atomic E-state index is 0.0441. The van der Waals surface area contributed by atoms with E-state index in [1.165, 1.54) is 17.1 Å². The minimum atomic E-state index is 0.0441. The highest BCUT2D eigenvalue weighted by molar-refractivity contribution is 7.09. The summed E-state index contributed by atoms with van der Waals surface area (Å²) in [6.45, 7) is 5.68. The molecule has 1 aromatic carbocycles. The molecule has 0 spiro atoms. The van der Waals surface area contributed by atoms with Crippen molar-refractivity contribution >= 4 is 22.6 Å². The first kappa shape index (κ1) is 16.9. The number of carbonyl (C=O) groups is 1. The SMILES string of the molecule is CC(C)NC(=O)[C@@H]1CCCN(c2nc(Cc3ccccc3)ns2)C1. The van der Waals surface area contributed by atoms with Crippen LogP contribution in [0.5, 0.6) is 0 Å². The predicted molar refractivity (Wildman–Crippen MR) is 97.4 cm³/mol. The van der Waals surface area contributed by atoms with Crippen LogP contribution in [0.15, 0.2) is 30.3 Å². The Hall–Kier alpha value is -1.95. The molecule has 0 bridgehead atoms. The lowest BCUT2D eigenvalue weighted by atomic mass is 9.97. The summed E-state index contributed by atoms with van der Waals surface area (Å²) in [7, 11) is 0. The largest absolute Gasteiger partial charge is 0.354 e. The average molecular weight is 344 g/mol. The number of hydrogen-bond donors (Lipinski definition) is 1. The summed E-state index contributed by atoms with van der Waals surface area (Å²) in [5.74, 6) is 1.06. The van der Waals surface area contributed by atoms with Crippen LogP contribution in [0.1, 0.15) is 38.1 Å². The van der Waals surface area contributed by atoms with Gasteiger partial charge in [0.1, 0.15) is 5.82 Å². The predicted octanol–water partition coefficient (Wildman–Crippen LogP) is 2.87. The van der Waals surface area contributed by atoms with Gasteiger partial charge in [0.2, 0.25) is 11.0 Å². The molecule has 1 fully saturated rings. The number of aromatic nitrogens is 2. The van der Waals surface area contributed by atoms with Crippen LogP contribution in [-0.2, 0) is 11.2 Å². The van der Waals surface area contributed by atoms with Crippen molar-refractivity contribution < 1.29 is 4.79 Å². The van der Waals surface area contributed by atoms with E-state index in [9.17, 15) is 4.79 Å². The maximum atomic E-state index is 12.3. The topological polar surface area (TPSA) is 58.1 Å². The molecule has 6 heteroatoms. The summed E-state index contributed by atoms with van der Waals surface area (Å²) in [4.78, 5) is 19.2. The van der Waals surface area contributed by atoms with Crippen molar-refractivity contribution in [2.45, 2.75) is 39.2 Å². The Bertz CT molecular complexity index is 671. The Balaban J connectivity index is 1.63. The smallest absolute Gasteiger partial charge is 0.225 e. The van der Waals surface area contributed by atoms with Crippen molar-refractivity contribution in [3.8, 4) is 0 Å². The van der Waals surface area contributed by atoms with Gasteiger partial charge < -0.3 is 10.2 Å². The molecule has 1 saturated heterocycles. The third-order valence-corrected chi connectivity index (χ3v) is 4.97. The van der Waals surface area contributed by atoms with Gasteiger partial charge in [-0.05, 0) is 32.3 Å². The first-order valence-corrected chi connectivity index (χ1v) is 9.31. The molecule has 0 aliphatic carbocycles. The number of anilines is 1. The molecule has 1 amide bonds. The molecular weight excluding hydrogens is 320 g/mol. The normalized spacial score (nSPS) is 18.0. The first-order valence-electron chi connectivity index (χ1n) is 8.53. The lowest BCUT2D eigenvalue weighted by molar-refractivity contribution is -0.125. The summed E-state index contributed by atoms with van der Waals surface area (Å²) < 4.78 is 4.49. The number of amides is 1. The van der Waals surface area contributed by atoms with Crippen LogP contribution >= 0.6 is 11.5 Å². The zero-order valence-electron chi connectivity index (χ0n) is 14.2. The fourth-order valence-electron chi connectivity index (χ4n) is 2.99. The highest BCUT2D eigenvalue weighted by Gasteiger charge is 2.27. The van der Waals surface area contributed by atoms with Gasteiger partial charge in [-0.3, -0.25) is 4.79 Å². The van der Waals surface area contributed by atoms with E-state index in [2.05, 4.69) is 31.7 Å². The molecule has 1 aliphatic rings. The van der Waals surface area contributed by atoms with Crippen molar-refractivity contribution in [1.29, 1.82) is 0 Å². The average Bonchev–Trinajstić information content (AvgIpc) is 3.04. The molecule has 1 aliphatic heterocycles. The minimum Gasteiger partial charge on any atom is -0.354 e. The number of benzene rings is 1. The Morgan fingerprint density at radius 1 is 1.38 bits per heavy atom. The second kappa shape index (κ2) is 7.75. The molecule has 1 aromatic heterocycles. The molecule has 0 radical (unpaired) electrons. The van der Waals surface area contributed by atoms with E-state index in [0.29, 0.717) is 0 Å². The van der Waals surface area contributed by atoms with E-state index in [1.54, 1.807) is 0 Å². The zero-order valence-corrected chi connectivity index (χ0v) is 15.1. The van der Waals surface area contributed by atoms with Crippen molar-refractivity contribution in [2.75, 3.05) is 18.0 Å². The summed E-state index contributed by atoms with van der Waals surface area (Å²) in [5, 5.41) is 3.96. The van der Waals surface area contributed by atoms with Gasteiger partial charge in [0.25, 0.3) is 0 Å². The van der Waals surface area contributed by atoms with Crippen LogP contribution in [0.4, 0.5) is 5.13 Å². The molecular formula is C18H24N4OS. The third kappa shape index (κ3) is 4.32. The number of nitrogens with one attached hydrogen (secondary N) is 1. The summed E-state index contributed by atoms with van der Waals surface area (Å²) in [6, 6.07) is 10.4. The zero-order chi connectivity index (χ0) is 16.9. The van der Waals surface area contributed by atoms with Gasteiger partial charge in [-0.25, -0.2) is 4.98 Å². The second-order valence-corrected chi connectivity index (χ2v) is 7.33. The third-order valence-electron chi connectivity index (χ3n) is 4.16. The van der Waals surface area contributed by atoms with Crippen LogP contribution in [0.25, 0.3) is 0 Å². The summed E-state index contributed by atoms with van der Waals surface area (Å²) in [5.41, 5.74) is 1.22. The number of rotatable bonds is 5. The maximum Gasteiger partial charge on any atom is 0.225 e. The van der Waals surface area contributed by atoms with Crippen LogP contribution < -0.4 is 10.2 Å². The molecule has 2 heterocycles. The lowest BCUT2D eigenvalue weighted by Crippen LogP contribution is -2.44. The fourth-order valence-corrected chi connectivity index (χ4v) is 3.71. The monoisotopic (exact) mass is 344 g/mol. The van der Waals surface area contributed by atoms with Gasteiger partial charge in [0.15, 0.2) is 0 Å². The molecule has 0 unspecified atom stereocenters. The summed E-state index contributed by atoms with van der Waals surface area (Å²) in [6.07, 6.45) is 2.72. The lowest BCUT2D eigenvalue weighted by Gasteiger charge is -2.31. The molecule has 128 valence electrons. The quantitative estimate of drug-likeness (QED) is 0.906. The first-order chi connectivity index (χ1) is 11.6. The van der Waals surface area contributed by atoms with Gasteiger partial charge in [0.05, 0.1) is 5.92 Å². The second-order valence-electron chi connectivity index (χ2n) is 6.60. The van der Waals surface area contributed by atoms with Gasteiger partial charge in [-0.2, -0.15) is 4.37 Å². The highest BCUT2D eigenvalue weighted by Crippen LogP contribution is 2.25. The summed E-state index contributed by atoms with van der Waals surface area (Å²) >= 11 is 1.44. The van der Waals surface area contributed by atoms with Crippen molar-refractivity contribution in [3.63, 3.8) is 0 Å². The van der Waals surface area contributed by atoms with E-state index < -0.39 is 0 Å². The van der Waals surface area contributed by atoms with Gasteiger partial charge in [0, 0.05) is 37.1 Å². The van der Waals surface area contributed by atoms with Crippen molar-refractivity contribution in [1.82, 2.24) is 14.7 Å². The number of carbonyl (C=O) groups excluding carboxylic acids is 1. The van der Waals surface area contributed by atoms with Crippen molar-refractivity contribution in [2.24, 2.45) is 5.92 Å². The standard InChI is InChI=1S/C18H24N4OS/c1-13(2)19-17(23)15-9-6-10-22(12-15)18-20-16(21-24-18)11-14-7-4-3-5-8-14/h3-5,7-8,13,15H,6,9-12H2,1-2H3,(H,19,23)/t15-/m1/s1. The fraction of sp³-hybridized carbons (Fsp3) is 0.500. The van der Waals surface area contributed by atoms with E-state index in [4.69, 9.17) is 0 Å². The van der Waals surface area contributed by atoms with Crippen LogP contribution in [0.2, 0.25) is 0 Å². The highest BCUT2D eigenvalue weighted by atomic mass is 32.1. The number of piperidine rings is 1. The van der Waals surface area contributed by atoms with E-state index in [-0.39, 0.29) is 17.9 Å². The van der Waals surface area contributed by atoms with Crippen LogP contribution in [0.3, 0.4) is 0 Å².